The Bertz CT molecular complexity index is 1040. The molecule has 164 valence electrons. The van der Waals surface area contributed by atoms with Crippen LogP contribution in [0.3, 0.4) is 0 Å². The number of ether oxygens (including phenoxy) is 2. The molecule has 31 heavy (non-hydrogen) atoms. The molecule has 1 aliphatic heterocycles. The number of methoxy groups -OCH3 is 1. The fraction of sp³-hybridized carbons (Fsp3) is 0.346. The lowest BCUT2D eigenvalue weighted by atomic mass is 9.89. The lowest BCUT2D eigenvalue weighted by molar-refractivity contribution is 0.0842. The molecular formula is C26H30O5. The van der Waals surface area contributed by atoms with E-state index >= 15 is 0 Å². The Labute approximate surface area is 183 Å². The van der Waals surface area contributed by atoms with E-state index in [9.17, 15) is 15.0 Å². The number of ketones is 1. The zero-order chi connectivity index (χ0) is 22.7. The fourth-order valence-corrected chi connectivity index (χ4v) is 3.75. The van der Waals surface area contributed by atoms with Crippen LogP contribution >= 0.6 is 0 Å². The van der Waals surface area contributed by atoms with Gasteiger partial charge in [0.1, 0.15) is 34.7 Å². The SMILES string of the molecule is COc1c(CC=C(C)C)c(O)c2c(c1CC=C(C)C)O[C@H](c1ccc(O)cc1)CC2=O. The molecule has 0 saturated heterocycles. The van der Waals surface area contributed by atoms with Crippen LogP contribution in [0.15, 0.2) is 47.6 Å². The molecular weight excluding hydrogens is 392 g/mol. The van der Waals surface area contributed by atoms with Gasteiger partial charge in [0.15, 0.2) is 5.78 Å². The molecule has 0 aliphatic carbocycles. The number of carbonyl (C=O) groups is 1. The summed E-state index contributed by atoms with van der Waals surface area (Å²) in [6.45, 7) is 7.99. The number of Topliss-reactive ketones (excluding diaryl/α,β-unsaturated/α-hetero) is 1. The zero-order valence-corrected chi connectivity index (χ0v) is 18.8. The predicted molar refractivity (Wildman–Crippen MR) is 121 cm³/mol. The topological polar surface area (TPSA) is 76.0 Å². The molecule has 2 aromatic carbocycles. The molecule has 3 rings (SSSR count). The molecule has 0 radical (unpaired) electrons. The summed E-state index contributed by atoms with van der Waals surface area (Å²) < 4.78 is 12.0. The minimum absolute atomic E-state index is 0.0699. The number of rotatable bonds is 6. The Morgan fingerprint density at radius 1 is 1.03 bits per heavy atom. The van der Waals surface area contributed by atoms with Crippen molar-refractivity contribution < 1.29 is 24.5 Å². The van der Waals surface area contributed by atoms with Gasteiger partial charge in [-0.05, 0) is 58.2 Å². The molecule has 0 saturated carbocycles. The minimum Gasteiger partial charge on any atom is -0.508 e. The number of aromatic hydroxyl groups is 2. The summed E-state index contributed by atoms with van der Waals surface area (Å²) in [6, 6.07) is 6.63. The smallest absolute Gasteiger partial charge is 0.174 e. The molecule has 2 N–H and O–H groups in total. The minimum atomic E-state index is -0.501. The molecule has 0 unspecified atom stereocenters. The van der Waals surface area contributed by atoms with E-state index in [4.69, 9.17) is 9.47 Å². The number of phenols is 2. The fourth-order valence-electron chi connectivity index (χ4n) is 3.75. The Morgan fingerprint density at radius 2 is 1.61 bits per heavy atom. The third kappa shape index (κ3) is 4.76. The van der Waals surface area contributed by atoms with Crippen LogP contribution in [0.5, 0.6) is 23.0 Å². The van der Waals surface area contributed by atoms with Crippen molar-refractivity contribution >= 4 is 5.78 Å². The van der Waals surface area contributed by atoms with Crippen LogP contribution < -0.4 is 9.47 Å². The first kappa shape index (κ1) is 22.5. The predicted octanol–water partition coefficient (Wildman–Crippen LogP) is 5.83. The Hall–Kier alpha value is -3.21. The summed E-state index contributed by atoms with van der Waals surface area (Å²) in [5.41, 5.74) is 4.61. The number of carbonyl (C=O) groups excluding carboxylic acids is 1. The average Bonchev–Trinajstić information content (AvgIpc) is 2.71. The molecule has 0 aromatic heterocycles. The van der Waals surface area contributed by atoms with Crippen molar-refractivity contribution in [2.45, 2.75) is 53.1 Å². The van der Waals surface area contributed by atoms with Gasteiger partial charge in [0.05, 0.1) is 13.5 Å². The quantitative estimate of drug-likeness (QED) is 0.573. The molecule has 0 fully saturated rings. The first-order valence-electron chi connectivity index (χ1n) is 10.4. The highest BCUT2D eigenvalue weighted by Crippen LogP contribution is 2.49. The van der Waals surface area contributed by atoms with E-state index in [-0.39, 0.29) is 29.3 Å². The molecule has 0 spiro atoms. The second-order valence-electron chi connectivity index (χ2n) is 8.34. The largest absolute Gasteiger partial charge is 0.508 e. The van der Waals surface area contributed by atoms with Gasteiger partial charge in [0, 0.05) is 11.1 Å². The number of phenolic OH excluding ortho intramolecular Hbond substituents is 2. The third-order valence-electron chi connectivity index (χ3n) is 5.38. The normalized spacial score (nSPS) is 15.0. The van der Waals surface area contributed by atoms with E-state index in [1.807, 2.05) is 33.8 Å². The van der Waals surface area contributed by atoms with Gasteiger partial charge in [-0.2, -0.15) is 0 Å². The van der Waals surface area contributed by atoms with Crippen LogP contribution in [-0.4, -0.2) is 23.1 Å². The highest BCUT2D eigenvalue weighted by atomic mass is 16.5. The van der Waals surface area contributed by atoms with Crippen molar-refractivity contribution in [2.75, 3.05) is 7.11 Å². The van der Waals surface area contributed by atoms with E-state index in [1.165, 1.54) is 0 Å². The summed E-state index contributed by atoms with van der Waals surface area (Å²) in [7, 11) is 1.57. The van der Waals surface area contributed by atoms with Crippen LogP contribution in [0.25, 0.3) is 0 Å². The van der Waals surface area contributed by atoms with E-state index < -0.39 is 6.10 Å². The average molecular weight is 423 g/mol. The van der Waals surface area contributed by atoms with Gasteiger partial charge in [0.2, 0.25) is 0 Å². The Kier molecular flexibility index (Phi) is 6.74. The standard InChI is InChI=1S/C26H30O5/c1-15(2)6-12-19-24(29)23-21(28)14-22(17-8-10-18(27)11-9-17)31-26(23)20(25(19)30-5)13-7-16(3)4/h6-11,22,27,29H,12-14H2,1-5H3/t22-/m0/s1. The van der Waals surface area contributed by atoms with Gasteiger partial charge in [0.25, 0.3) is 0 Å². The molecule has 0 bridgehead atoms. The Balaban J connectivity index is 2.20. The summed E-state index contributed by atoms with van der Waals surface area (Å²) >= 11 is 0. The molecule has 1 aliphatic rings. The Morgan fingerprint density at radius 3 is 2.16 bits per heavy atom. The number of hydrogen-bond donors (Lipinski definition) is 2. The van der Waals surface area contributed by atoms with Gasteiger partial charge < -0.3 is 19.7 Å². The molecule has 2 aromatic rings. The number of hydrogen-bond acceptors (Lipinski definition) is 5. The lowest BCUT2D eigenvalue weighted by Gasteiger charge is -2.30. The van der Waals surface area contributed by atoms with Gasteiger partial charge in [-0.25, -0.2) is 0 Å². The monoisotopic (exact) mass is 422 g/mol. The van der Waals surface area contributed by atoms with E-state index in [2.05, 4.69) is 6.08 Å². The van der Waals surface area contributed by atoms with Crippen LogP contribution in [0, 0.1) is 0 Å². The van der Waals surface area contributed by atoms with Crippen molar-refractivity contribution in [1.29, 1.82) is 0 Å². The third-order valence-corrected chi connectivity index (χ3v) is 5.38. The molecule has 1 atom stereocenters. The highest BCUT2D eigenvalue weighted by molar-refractivity contribution is 6.04. The number of allylic oxidation sites excluding steroid dienone is 4. The van der Waals surface area contributed by atoms with Gasteiger partial charge in [-0.15, -0.1) is 0 Å². The van der Waals surface area contributed by atoms with Gasteiger partial charge in [-0.1, -0.05) is 35.4 Å². The molecule has 5 heteroatoms. The lowest BCUT2D eigenvalue weighted by Crippen LogP contribution is -2.22. The van der Waals surface area contributed by atoms with Crippen molar-refractivity contribution in [1.82, 2.24) is 0 Å². The maximum absolute atomic E-state index is 13.2. The maximum atomic E-state index is 13.2. The van der Waals surface area contributed by atoms with Crippen LogP contribution in [0.4, 0.5) is 0 Å². The molecule has 0 amide bonds. The maximum Gasteiger partial charge on any atom is 0.174 e. The van der Waals surface area contributed by atoms with Gasteiger partial charge >= 0.3 is 0 Å². The first-order valence-corrected chi connectivity index (χ1v) is 10.4. The van der Waals surface area contributed by atoms with E-state index in [1.54, 1.807) is 31.4 Å². The summed E-state index contributed by atoms with van der Waals surface area (Å²) in [5, 5.41) is 20.7. The van der Waals surface area contributed by atoms with Crippen LogP contribution in [0.2, 0.25) is 0 Å². The number of fused-ring (bicyclic) bond motifs is 1. The van der Waals surface area contributed by atoms with E-state index in [0.29, 0.717) is 29.9 Å². The van der Waals surface area contributed by atoms with Crippen molar-refractivity contribution in [3.63, 3.8) is 0 Å². The van der Waals surface area contributed by atoms with Crippen molar-refractivity contribution in [2.24, 2.45) is 0 Å². The molecule has 5 nitrogen and oxygen atoms in total. The summed E-state index contributed by atoms with van der Waals surface area (Å²) in [6.07, 6.45) is 4.65. The van der Waals surface area contributed by atoms with Crippen molar-refractivity contribution in [3.05, 3.63) is 69.8 Å². The second kappa shape index (κ2) is 9.29. The highest BCUT2D eigenvalue weighted by Gasteiger charge is 2.35. The number of benzene rings is 2. The van der Waals surface area contributed by atoms with Crippen LogP contribution in [-0.2, 0) is 12.8 Å². The molecule has 1 heterocycles. The van der Waals surface area contributed by atoms with E-state index in [0.717, 1.165) is 22.3 Å². The first-order chi connectivity index (χ1) is 14.7. The summed E-state index contributed by atoms with van der Waals surface area (Å²) in [4.78, 5) is 13.2. The summed E-state index contributed by atoms with van der Waals surface area (Å²) in [5.74, 6) is 0.835. The van der Waals surface area contributed by atoms with Crippen LogP contribution in [0.1, 0.15) is 67.3 Å². The van der Waals surface area contributed by atoms with Crippen molar-refractivity contribution in [3.8, 4) is 23.0 Å². The second-order valence-corrected chi connectivity index (χ2v) is 8.34. The zero-order valence-electron chi connectivity index (χ0n) is 18.8. The van der Waals surface area contributed by atoms with Gasteiger partial charge in [-0.3, -0.25) is 4.79 Å².